The Morgan fingerprint density at radius 3 is 2.80 bits per heavy atom. The van der Waals surface area contributed by atoms with Gasteiger partial charge in [0, 0.05) is 18.4 Å². The molecule has 2 heterocycles. The van der Waals surface area contributed by atoms with E-state index in [0.717, 1.165) is 22.8 Å². The minimum absolute atomic E-state index is 0.244. The van der Waals surface area contributed by atoms with Crippen molar-refractivity contribution in [1.29, 1.82) is 0 Å². The molecule has 2 aromatic heterocycles. The van der Waals surface area contributed by atoms with Crippen LogP contribution in [0.15, 0.2) is 42.6 Å². The second-order valence-corrected chi connectivity index (χ2v) is 5.99. The average molecular weight is 283 g/mol. The number of aryl methyl sites for hydroxylation is 1. The molecule has 4 heteroatoms. The van der Waals surface area contributed by atoms with E-state index in [1.807, 2.05) is 25.3 Å². The van der Waals surface area contributed by atoms with E-state index >= 15 is 0 Å². The zero-order chi connectivity index (χ0) is 13.9. The molecule has 0 fully saturated rings. The van der Waals surface area contributed by atoms with E-state index in [1.54, 1.807) is 11.3 Å². The highest BCUT2D eigenvalue weighted by Crippen LogP contribution is 2.26. The van der Waals surface area contributed by atoms with Crippen LogP contribution in [0.4, 0.5) is 0 Å². The standard InChI is InChI=1S/C16H17N3S/c1-11-7-8-13(9-17-11)10-18-12(2)16-19-14-5-3-4-6-15(14)20-16/h3-9,12,18H,10H2,1-2H3. The molecule has 3 aromatic rings. The molecule has 1 unspecified atom stereocenters. The van der Waals surface area contributed by atoms with Crippen LogP contribution in [0.1, 0.15) is 29.2 Å². The number of hydrogen-bond acceptors (Lipinski definition) is 4. The Labute approximate surface area is 122 Å². The molecule has 0 aliphatic heterocycles. The van der Waals surface area contributed by atoms with Crippen molar-refractivity contribution in [2.75, 3.05) is 0 Å². The normalized spacial score (nSPS) is 12.7. The first-order chi connectivity index (χ1) is 9.72. The summed E-state index contributed by atoms with van der Waals surface area (Å²) in [5.41, 5.74) is 3.33. The molecule has 0 spiro atoms. The number of rotatable bonds is 4. The third-order valence-corrected chi connectivity index (χ3v) is 4.48. The van der Waals surface area contributed by atoms with Crippen molar-refractivity contribution in [2.45, 2.75) is 26.4 Å². The van der Waals surface area contributed by atoms with E-state index in [0.29, 0.717) is 0 Å². The third kappa shape index (κ3) is 2.86. The van der Waals surface area contributed by atoms with E-state index in [4.69, 9.17) is 0 Å². The first kappa shape index (κ1) is 13.2. The Morgan fingerprint density at radius 1 is 1.20 bits per heavy atom. The molecule has 0 radical (unpaired) electrons. The van der Waals surface area contributed by atoms with Gasteiger partial charge in [0.15, 0.2) is 0 Å². The summed E-state index contributed by atoms with van der Waals surface area (Å²) >= 11 is 1.75. The van der Waals surface area contributed by atoms with Crippen molar-refractivity contribution in [3.05, 3.63) is 58.9 Å². The first-order valence-electron chi connectivity index (χ1n) is 6.73. The largest absolute Gasteiger partial charge is 0.304 e. The molecule has 1 N–H and O–H groups in total. The van der Waals surface area contributed by atoms with Crippen molar-refractivity contribution < 1.29 is 0 Å². The van der Waals surface area contributed by atoms with Crippen molar-refractivity contribution in [2.24, 2.45) is 0 Å². The number of fused-ring (bicyclic) bond motifs is 1. The highest BCUT2D eigenvalue weighted by molar-refractivity contribution is 7.18. The predicted molar refractivity (Wildman–Crippen MR) is 83.8 cm³/mol. The summed E-state index contributed by atoms with van der Waals surface area (Å²) in [6.45, 7) is 4.96. The summed E-state index contributed by atoms with van der Waals surface area (Å²) in [7, 11) is 0. The van der Waals surface area contributed by atoms with Gasteiger partial charge in [-0.25, -0.2) is 4.98 Å². The van der Waals surface area contributed by atoms with Crippen molar-refractivity contribution >= 4 is 21.6 Å². The molecular formula is C16H17N3S. The summed E-state index contributed by atoms with van der Waals surface area (Å²) in [6.07, 6.45) is 1.92. The molecule has 1 atom stereocenters. The fraction of sp³-hybridized carbons (Fsp3) is 0.250. The molecule has 102 valence electrons. The lowest BCUT2D eigenvalue weighted by Gasteiger charge is -2.10. The van der Waals surface area contributed by atoms with Crippen LogP contribution in [0.2, 0.25) is 0 Å². The van der Waals surface area contributed by atoms with Gasteiger partial charge in [-0.05, 0) is 37.6 Å². The number of hydrogen-bond donors (Lipinski definition) is 1. The van der Waals surface area contributed by atoms with Crippen LogP contribution < -0.4 is 5.32 Å². The Bertz CT molecular complexity index is 670. The van der Waals surface area contributed by atoms with E-state index in [9.17, 15) is 0 Å². The molecular weight excluding hydrogens is 266 g/mol. The van der Waals surface area contributed by atoms with Gasteiger partial charge in [0.05, 0.1) is 16.3 Å². The smallest absolute Gasteiger partial charge is 0.111 e. The molecule has 20 heavy (non-hydrogen) atoms. The van der Waals surface area contributed by atoms with Crippen molar-refractivity contribution in [1.82, 2.24) is 15.3 Å². The highest BCUT2D eigenvalue weighted by atomic mass is 32.1. The number of para-hydroxylation sites is 1. The number of nitrogens with one attached hydrogen (secondary N) is 1. The number of pyridine rings is 1. The van der Waals surface area contributed by atoms with E-state index in [1.165, 1.54) is 10.3 Å². The van der Waals surface area contributed by atoms with Crippen molar-refractivity contribution in [3.8, 4) is 0 Å². The maximum atomic E-state index is 4.68. The molecule has 0 amide bonds. The lowest BCUT2D eigenvalue weighted by molar-refractivity contribution is 0.572. The summed E-state index contributed by atoms with van der Waals surface area (Å²) in [6, 6.07) is 12.7. The quantitative estimate of drug-likeness (QED) is 0.790. The van der Waals surface area contributed by atoms with Gasteiger partial charge in [0.25, 0.3) is 0 Å². The number of aromatic nitrogens is 2. The Morgan fingerprint density at radius 2 is 2.05 bits per heavy atom. The van der Waals surface area contributed by atoms with Crippen LogP contribution in [0.3, 0.4) is 0 Å². The summed E-state index contributed by atoms with van der Waals surface area (Å²) in [4.78, 5) is 8.99. The maximum absolute atomic E-state index is 4.68. The van der Waals surface area contributed by atoms with Gasteiger partial charge in [-0.2, -0.15) is 0 Å². The lowest BCUT2D eigenvalue weighted by Crippen LogP contribution is -2.18. The van der Waals surface area contributed by atoms with Gasteiger partial charge < -0.3 is 5.32 Å². The van der Waals surface area contributed by atoms with Gasteiger partial charge in [0.2, 0.25) is 0 Å². The third-order valence-electron chi connectivity index (χ3n) is 3.27. The van der Waals surface area contributed by atoms with Gasteiger partial charge in [-0.3, -0.25) is 4.98 Å². The molecule has 0 bridgehead atoms. The van der Waals surface area contributed by atoms with E-state index in [-0.39, 0.29) is 6.04 Å². The summed E-state index contributed by atoms with van der Waals surface area (Å²) < 4.78 is 1.24. The minimum Gasteiger partial charge on any atom is -0.304 e. The zero-order valence-corrected chi connectivity index (χ0v) is 12.4. The molecule has 0 saturated carbocycles. The topological polar surface area (TPSA) is 37.8 Å². The average Bonchev–Trinajstić information content (AvgIpc) is 2.90. The monoisotopic (exact) mass is 283 g/mol. The fourth-order valence-corrected chi connectivity index (χ4v) is 3.03. The van der Waals surface area contributed by atoms with Crippen LogP contribution in [-0.4, -0.2) is 9.97 Å². The zero-order valence-electron chi connectivity index (χ0n) is 11.6. The number of benzene rings is 1. The highest BCUT2D eigenvalue weighted by Gasteiger charge is 2.10. The maximum Gasteiger partial charge on any atom is 0.111 e. The SMILES string of the molecule is Cc1ccc(CNC(C)c2nc3ccccc3s2)cn1. The van der Waals surface area contributed by atoms with E-state index in [2.05, 4.69) is 46.5 Å². The lowest BCUT2D eigenvalue weighted by atomic mass is 10.2. The molecule has 0 aliphatic carbocycles. The molecule has 1 aromatic carbocycles. The minimum atomic E-state index is 0.244. The Balaban J connectivity index is 1.69. The molecule has 0 saturated heterocycles. The van der Waals surface area contributed by atoms with Crippen LogP contribution >= 0.6 is 11.3 Å². The summed E-state index contributed by atoms with van der Waals surface area (Å²) in [5, 5.41) is 4.63. The predicted octanol–water partition coefficient (Wildman–Crippen LogP) is 3.85. The van der Waals surface area contributed by atoms with E-state index < -0.39 is 0 Å². The van der Waals surface area contributed by atoms with Gasteiger partial charge in [-0.15, -0.1) is 11.3 Å². The van der Waals surface area contributed by atoms with Crippen LogP contribution in [0.5, 0.6) is 0 Å². The van der Waals surface area contributed by atoms with Crippen LogP contribution in [0, 0.1) is 6.92 Å². The van der Waals surface area contributed by atoms with Crippen molar-refractivity contribution in [3.63, 3.8) is 0 Å². The summed E-state index contributed by atoms with van der Waals surface area (Å²) in [5.74, 6) is 0. The Kier molecular flexibility index (Phi) is 3.76. The molecule has 3 nitrogen and oxygen atoms in total. The second kappa shape index (κ2) is 5.69. The van der Waals surface area contributed by atoms with Gasteiger partial charge in [-0.1, -0.05) is 18.2 Å². The van der Waals surface area contributed by atoms with Gasteiger partial charge >= 0.3 is 0 Å². The fourth-order valence-electron chi connectivity index (χ4n) is 2.04. The molecule has 0 aliphatic rings. The van der Waals surface area contributed by atoms with Gasteiger partial charge in [0.1, 0.15) is 5.01 Å². The van der Waals surface area contributed by atoms with Crippen LogP contribution in [0.25, 0.3) is 10.2 Å². The Hall–Kier alpha value is -1.78. The first-order valence-corrected chi connectivity index (χ1v) is 7.54. The number of nitrogens with zero attached hydrogens (tertiary/aromatic N) is 2. The number of thiazole rings is 1. The second-order valence-electron chi connectivity index (χ2n) is 4.93. The van der Waals surface area contributed by atoms with Crippen LogP contribution in [-0.2, 0) is 6.54 Å². The molecule has 3 rings (SSSR count).